The van der Waals surface area contributed by atoms with E-state index in [1.165, 1.54) is 18.2 Å². The number of piperidine rings is 1. The van der Waals surface area contributed by atoms with Crippen molar-refractivity contribution in [2.24, 2.45) is 0 Å². The van der Waals surface area contributed by atoms with E-state index < -0.39 is 10.0 Å². The van der Waals surface area contributed by atoms with Gasteiger partial charge in [0.15, 0.2) is 0 Å². The summed E-state index contributed by atoms with van der Waals surface area (Å²) in [5.74, 6) is -0.444. The Balaban J connectivity index is 1.55. The molecular weight excluding hydrogens is 415 g/mol. The van der Waals surface area contributed by atoms with Crippen molar-refractivity contribution in [1.29, 1.82) is 0 Å². The first-order chi connectivity index (χ1) is 14.9. The number of nitrogens with zero attached hydrogens (tertiary/aromatic N) is 2. The molecule has 0 saturated carbocycles. The second-order valence-electron chi connectivity index (χ2n) is 8.62. The lowest BCUT2D eigenvalue weighted by molar-refractivity contribution is 0.0736. The predicted molar refractivity (Wildman–Crippen MR) is 118 cm³/mol. The molecule has 166 valence electrons. The highest BCUT2D eigenvalue weighted by Crippen LogP contribution is 2.28. The van der Waals surface area contributed by atoms with Crippen LogP contribution in [0.5, 0.6) is 0 Å². The Labute approximate surface area is 183 Å². The number of halogens is 1. The maximum atomic E-state index is 13.6. The van der Waals surface area contributed by atoms with Crippen molar-refractivity contribution in [3.05, 3.63) is 65.5 Å². The minimum absolute atomic E-state index is 0.0170. The maximum absolute atomic E-state index is 13.6. The summed E-state index contributed by atoms with van der Waals surface area (Å²) in [6.07, 6.45) is 5.08. The Kier molecular flexibility index (Phi) is 6.44. The van der Waals surface area contributed by atoms with Gasteiger partial charge in [0.1, 0.15) is 5.82 Å². The molecule has 0 radical (unpaired) electrons. The molecule has 7 heteroatoms. The van der Waals surface area contributed by atoms with Crippen molar-refractivity contribution in [3.63, 3.8) is 0 Å². The summed E-state index contributed by atoms with van der Waals surface area (Å²) in [7, 11) is -3.64. The van der Waals surface area contributed by atoms with Crippen LogP contribution in [0, 0.1) is 5.82 Å². The molecule has 2 unspecified atom stereocenters. The largest absolute Gasteiger partial charge is 0.335 e. The Morgan fingerprint density at radius 2 is 1.84 bits per heavy atom. The molecule has 2 aromatic rings. The zero-order valence-corrected chi connectivity index (χ0v) is 18.7. The fraction of sp³-hybridized carbons (Fsp3) is 0.458. The van der Waals surface area contributed by atoms with E-state index >= 15 is 0 Å². The van der Waals surface area contributed by atoms with Crippen molar-refractivity contribution in [2.45, 2.75) is 62.4 Å². The Hall–Kier alpha value is -2.25. The summed E-state index contributed by atoms with van der Waals surface area (Å²) >= 11 is 0. The molecule has 31 heavy (non-hydrogen) atoms. The Morgan fingerprint density at radius 3 is 2.61 bits per heavy atom. The van der Waals surface area contributed by atoms with Crippen LogP contribution >= 0.6 is 0 Å². The minimum atomic E-state index is -3.64. The van der Waals surface area contributed by atoms with Gasteiger partial charge in [0.05, 0.1) is 4.90 Å². The van der Waals surface area contributed by atoms with E-state index in [1.807, 2.05) is 13.0 Å². The van der Waals surface area contributed by atoms with Crippen LogP contribution in [0.2, 0.25) is 0 Å². The quantitative estimate of drug-likeness (QED) is 0.693. The second kappa shape index (κ2) is 9.09. The third kappa shape index (κ3) is 4.67. The fourth-order valence-corrected chi connectivity index (χ4v) is 6.52. The van der Waals surface area contributed by atoms with Gasteiger partial charge < -0.3 is 4.90 Å². The zero-order chi connectivity index (χ0) is 22.0. The number of hydrogen-bond acceptors (Lipinski definition) is 3. The first-order valence-electron chi connectivity index (χ1n) is 11.0. The average molecular weight is 445 g/mol. The highest BCUT2D eigenvalue weighted by Gasteiger charge is 2.33. The SMILES string of the molecule is CC1CCCCN1S(=O)(=O)c1cccc(C(=O)N2CCCC2Cc2cccc(F)c2)c1. The minimum Gasteiger partial charge on any atom is -0.335 e. The van der Waals surface area contributed by atoms with E-state index in [-0.39, 0.29) is 28.7 Å². The summed E-state index contributed by atoms with van der Waals surface area (Å²) in [6.45, 7) is 3.08. The summed E-state index contributed by atoms with van der Waals surface area (Å²) in [5, 5.41) is 0. The average Bonchev–Trinajstić information content (AvgIpc) is 3.21. The smallest absolute Gasteiger partial charge is 0.254 e. The van der Waals surface area contributed by atoms with Crippen LogP contribution < -0.4 is 0 Å². The van der Waals surface area contributed by atoms with Crippen LogP contribution in [0.1, 0.15) is 54.9 Å². The van der Waals surface area contributed by atoms with E-state index in [0.717, 1.165) is 37.7 Å². The maximum Gasteiger partial charge on any atom is 0.254 e. The molecule has 0 aromatic heterocycles. The first kappa shape index (κ1) is 22.0. The number of carbonyl (C=O) groups excluding carboxylic acids is 1. The molecule has 2 heterocycles. The molecule has 0 spiro atoms. The standard InChI is InChI=1S/C24H29FN2O3S/c1-18-7-2-3-14-27(18)31(29,30)23-12-5-9-20(17-23)24(28)26-13-6-11-22(26)16-19-8-4-10-21(25)15-19/h4-5,8-10,12,15,17-18,22H,2-3,6-7,11,13-14,16H2,1H3. The van der Waals surface area contributed by atoms with Crippen molar-refractivity contribution >= 4 is 15.9 Å². The van der Waals surface area contributed by atoms with Crippen molar-refractivity contribution in [3.8, 4) is 0 Å². The van der Waals surface area contributed by atoms with E-state index in [4.69, 9.17) is 0 Å². The van der Waals surface area contributed by atoms with Crippen LogP contribution in [0.15, 0.2) is 53.4 Å². The molecule has 1 amide bonds. The van der Waals surface area contributed by atoms with Gasteiger partial charge in [-0.05, 0) is 74.9 Å². The van der Waals surface area contributed by atoms with Crippen LogP contribution in [0.3, 0.4) is 0 Å². The Bertz CT molecular complexity index is 1060. The molecule has 2 aliphatic rings. The van der Waals surface area contributed by atoms with Crippen molar-refractivity contribution in [2.75, 3.05) is 13.1 Å². The number of hydrogen-bond donors (Lipinski definition) is 0. The lowest BCUT2D eigenvalue weighted by Gasteiger charge is -2.32. The van der Waals surface area contributed by atoms with E-state index in [1.54, 1.807) is 33.5 Å². The molecule has 5 nitrogen and oxygen atoms in total. The van der Waals surface area contributed by atoms with Crippen LogP contribution in [-0.4, -0.2) is 48.7 Å². The summed E-state index contributed by atoms with van der Waals surface area (Å²) < 4.78 is 41.5. The number of likely N-dealkylation sites (tertiary alicyclic amines) is 1. The van der Waals surface area contributed by atoms with Gasteiger partial charge >= 0.3 is 0 Å². The molecule has 0 bridgehead atoms. The third-order valence-corrected chi connectivity index (χ3v) is 8.44. The van der Waals surface area contributed by atoms with Gasteiger partial charge in [0.25, 0.3) is 5.91 Å². The predicted octanol–water partition coefficient (Wildman–Crippen LogP) is 4.24. The molecule has 2 aromatic carbocycles. The molecule has 2 fully saturated rings. The number of sulfonamides is 1. The van der Waals surface area contributed by atoms with E-state index in [2.05, 4.69) is 0 Å². The second-order valence-corrected chi connectivity index (χ2v) is 10.5. The zero-order valence-electron chi connectivity index (χ0n) is 17.8. The van der Waals surface area contributed by atoms with E-state index in [9.17, 15) is 17.6 Å². The van der Waals surface area contributed by atoms with Crippen LogP contribution in [-0.2, 0) is 16.4 Å². The summed E-state index contributed by atoms with van der Waals surface area (Å²) in [5.41, 5.74) is 1.25. The van der Waals surface area contributed by atoms with Crippen LogP contribution in [0.25, 0.3) is 0 Å². The van der Waals surface area contributed by atoms with Gasteiger partial charge in [-0.25, -0.2) is 12.8 Å². The van der Waals surface area contributed by atoms with Gasteiger partial charge in [-0.2, -0.15) is 4.31 Å². The molecule has 0 aliphatic carbocycles. The van der Waals surface area contributed by atoms with E-state index in [0.29, 0.717) is 25.1 Å². The number of amides is 1. The molecule has 2 saturated heterocycles. The molecule has 0 N–H and O–H groups in total. The van der Waals surface area contributed by atoms with Gasteiger partial charge in [-0.15, -0.1) is 0 Å². The van der Waals surface area contributed by atoms with Gasteiger partial charge in [-0.1, -0.05) is 24.6 Å². The first-order valence-corrected chi connectivity index (χ1v) is 12.5. The Morgan fingerprint density at radius 1 is 1.03 bits per heavy atom. The lowest BCUT2D eigenvalue weighted by atomic mass is 10.0. The monoisotopic (exact) mass is 444 g/mol. The van der Waals surface area contributed by atoms with Gasteiger partial charge in [0, 0.05) is 30.7 Å². The normalized spacial score (nSPS) is 22.6. The third-order valence-electron chi connectivity index (χ3n) is 6.43. The number of benzene rings is 2. The highest BCUT2D eigenvalue weighted by atomic mass is 32.2. The van der Waals surface area contributed by atoms with Gasteiger partial charge in [-0.3, -0.25) is 4.79 Å². The summed E-state index contributed by atoms with van der Waals surface area (Å²) in [6, 6.07) is 12.8. The molecular formula is C24H29FN2O3S. The van der Waals surface area contributed by atoms with Crippen molar-refractivity contribution < 1.29 is 17.6 Å². The molecule has 2 aliphatic heterocycles. The van der Waals surface area contributed by atoms with Gasteiger partial charge in [0.2, 0.25) is 10.0 Å². The van der Waals surface area contributed by atoms with Crippen molar-refractivity contribution in [1.82, 2.24) is 9.21 Å². The highest BCUT2D eigenvalue weighted by molar-refractivity contribution is 7.89. The number of carbonyl (C=O) groups is 1. The topological polar surface area (TPSA) is 57.7 Å². The fourth-order valence-electron chi connectivity index (χ4n) is 4.77. The van der Waals surface area contributed by atoms with Crippen LogP contribution in [0.4, 0.5) is 4.39 Å². The lowest BCUT2D eigenvalue weighted by Crippen LogP contribution is -2.42. The number of rotatable bonds is 5. The molecule has 4 rings (SSSR count). The summed E-state index contributed by atoms with van der Waals surface area (Å²) in [4.78, 5) is 15.3. The molecule has 2 atom stereocenters.